The molecule has 0 saturated carbocycles. The Morgan fingerprint density at radius 1 is 0.792 bits per heavy atom. The predicted molar refractivity (Wildman–Crippen MR) is 99.6 cm³/mol. The van der Waals surface area contributed by atoms with Gasteiger partial charge in [0.1, 0.15) is 12.2 Å². The molecule has 1 heterocycles. The van der Waals surface area contributed by atoms with E-state index in [4.69, 9.17) is 0 Å². The van der Waals surface area contributed by atoms with Crippen LogP contribution in [-0.4, -0.2) is 69.4 Å². The molecule has 0 aromatic carbocycles. The fraction of sp³-hybridized carbons (Fsp3) is 1.00. The number of rotatable bonds is 12. The molecule has 0 aromatic rings. The van der Waals surface area contributed by atoms with Crippen LogP contribution in [-0.2, 0) is 0 Å². The lowest BCUT2D eigenvalue weighted by molar-refractivity contribution is -0.145. The van der Waals surface area contributed by atoms with Gasteiger partial charge in [-0.25, -0.2) is 0 Å². The summed E-state index contributed by atoms with van der Waals surface area (Å²) in [6.07, 6.45) is 9.51. The zero-order chi connectivity index (χ0) is 17.1. The topological polar surface area (TPSA) is 84.2 Å². The quantitative estimate of drug-likeness (QED) is 0.397. The minimum absolute atomic E-state index is 0. The van der Waals surface area contributed by atoms with Gasteiger partial charge in [-0.05, 0) is 13.0 Å². The monoisotopic (exact) mass is 367 g/mol. The van der Waals surface area contributed by atoms with Crippen LogP contribution >= 0.6 is 12.4 Å². The van der Waals surface area contributed by atoms with Crippen LogP contribution < -0.4 is 0 Å². The Balaban J connectivity index is 0.00000529. The highest BCUT2D eigenvalue weighted by atomic mass is 35.5. The molecule has 0 radical (unpaired) electrons. The van der Waals surface area contributed by atoms with E-state index in [-0.39, 0.29) is 19.0 Å². The van der Waals surface area contributed by atoms with Gasteiger partial charge >= 0.3 is 0 Å². The summed E-state index contributed by atoms with van der Waals surface area (Å²) in [6, 6.07) is -0.466. The summed E-state index contributed by atoms with van der Waals surface area (Å²) in [4.78, 5) is 1.91. The van der Waals surface area contributed by atoms with Crippen molar-refractivity contribution in [2.45, 2.75) is 95.5 Å². The average molecular weight is 368 g/mol. The summed E-state index contributed by atoms with van der Waals surface area (Å²) in [5.41, 5.74) is 0. The van der Waals surface area contributed by atoms with Crippen LogP contribution in [0.1, 0.15) is 71.1 Å². The normalized spacial score (nSPS) is 27.9. The first-order valence-electron chi connectivity index (χ1n) is 9.51. The Kier molecular flexibility index (Phi) is 14.3. The highest BCUT2D eigenvalue weighted by molar-refractivity contribution is 5.85. The van der Waals surface area contributed by atoms with Gasteiger partial charge in [-0.3, -0.25) is 4.90 Å². The number of aliphatic hydroxyl groups excluding tert-OH is 4. The zero-order valence-electron chi connectivity index (χ0n) is 15.1. The van der Waals surface area contributed by atoms with Crippen LogP contribution in [0.15, 0.2) is 0 Å². The van der Waals surface area contributed by atoms with Gasteiger partial charge in [0.15, 0.2) is 0 Å². The molecule has 24 heavy (non-hydrogen) atoms. The molecule has 0 aromatic heterocycles. The molecule has 1 rings (SSSR count). The molecule has 1 aliphatic rings. The lowest BCUT2D eigenvalue weighted by atomic mass is 9.94. The van der Waals surface area contributed by atoms with E-state index in [2.05, 4.69) is 6.92 Å². The van der Waals surface area contributed by atoms with E-state index < -0.39 is 24.4 Å². The highest BCUT2D eigenvalue weighted by Crippen LogP contribution is 2.20. The molecule has 5 nitrogen and oxygen atoms in total. The molecule has 1 fully saturated rings. The Bertz CT molecular complexity index is 296. The first-order valence-corrected chi connectivity index (χ1v) is 9.51. The van der Waals surface area contributed by atoms with Crippen LogP contribution in [0.3, 0.4) is 0 Å². The lowest BCUT2D eigenvalue weighted by Crippen LogP contribution is -2.62. The van der Waals surface area contributed by atoms with Crippen molar-refractivity contribution in [3.63, 3.8) is 0 Å². The molecule has 1 saturated heterocycles. The van der Waals surface area contributed by atoms with Crippen LogP contribution in [0.5, 0.6) is 0 Å². The third kappa shape index (κ3) is 8.45. The SMILES string of the molecule is CCCCCCCCCCCCN1CC(O)C(O)C(O)C1CO.Cl. The smallest absolute Gasteiger partial charge is 0.109 e. The zero-order valence-corrected chi connectivity index (χ0v) is 16.0. The van der Waals surface area contributed by atoms with Gasteiger partial charge < -0.3 is 20.4 Å². The van der Waals surface area contributed by atoms with E-state index in [0.717, 1.165) is 19.4 Å². The summed E-state index contributed by atoms with van der Waals surface area (Å²) in [7, 11) is 0. The van der Waals surface area contributed by atoms with E-state index in [0.29, 0.717) is 6.54 Å². The minimum Gasteiger partial charge on any atom is -0.395 e. The number of aliphatic hydroxyl groups is 4. The number of hydrogen-bond donors (Lipinski definition) is 4. The fourth-order valence-electron chi connectivity index (χ4n) is 3.44. The fourth-order valence-corrected chi connectivity index (χ4v) is 3.44. The van der Waals surface area contributed by atoms with Gasteiger partial charge in [-0.1, -0.05) is 64.7 Å². The number of unbranched alkanes of at least 4 members (excludes halogenated alkanes) is 9. The van der Waals surface area contributed by atoms with Crippen molar-refractivity contribution in [1.29, 1.82) is 0 Å². The summed E-state index contributed by atoms with van der Waals surface area (Å²) in [5.74, 6) is 0. The van der Waals surface area contributed by atoms with E-state index >= 15 is 0 Å². The molecule has 146 valence electrons. The lowest BCUT2D eigenvalue weighted by Gasteiger charge is -2.43. The summed E-state index contributed by atoms with van der Waals surface area (Å²) < 4.78 is 0. The van der Waals surface area contributed by atoms with Crippen molar-refractivity contribution in [2.75, 3.05) is 19.7 Å². The second-order valence-electron chi connectivity index (χ2n) is 6.98. The molecule has 1 aliphatic heterocycles. The minimum atomic E-state index is -1.16. The van der Waals surface area contributed by atoms with E-state index in [1.54, 1.807) is 0 Å². The molecule has 6 heteroatoms. The van der Waals surface area contributed by atoms with Crippen LogP contribution in [0.2, 0.25) is 0 Å². The van der Waals surface area contributed by atoms with Gasteiger partial charge in [-0.2, -0.15) is 0 Å². The Morgan fingerprint density at radius 3 is 1.79 bits per heavy atom. The van der Waals surface area contributed by atoms with Crippen molar-refractivity contribution in [1.82, 2.24) is 4.90 Å². The summed E-state index contributed by atoms with van der Waals surface area (Å²) in [5, 5.41) is 38.8. The predicted octanol–water partition coefficient (Wildman–Crippen LogP) is 2.09. The Hall–Kier alpha value is 0.0900. The van der Waals surface area contributed by atoms with Gasteiger partial charge in [0, 0.05) is 6.54 Å². The maximum absolute atomic E-state index is 9.93. The third-order valence-electron chi connectivity index (χ3n) is 5.01. The number of nitrogens with zero attached hydrogens (tertiary/aromatic N) is 1. The van der Waals surface area contributed by atoms with Crippen molar-refractivity contribution < 1.29 is 20.4 Å². The van der Waals surface area contributed by atoms with Crippen molar-refractivity contribution in [3.8, 4) is 0 Å². The van der Waals surface area contributed by atoms with Gasteiger partial charge in [0.25, 0.3) is 0 Å². The maximum atomic E-state index is 9.93. The third-order valence-corrected chi connectivity index (χ3v) is 5.01. The number of piperidine rings is 1. The molecule has 0 bridgehead atoms. The molecule has 4 N–H and O–H groups in total. The van der Waals surface area contributed by atoms with Crippen LogP contribution in [0, 0.1) is 0 Å². The largest absolute Gasteiger partial charge is 0.395 e. The van der Waals surface area contributed by atoms with E-state index in [1.807, 2.05) is 4.90 Å². The summed E-state index contributed by atoms with van der Waals surface area (Å²) >= 11 is 0. The van der Waals surface area contributed by atoms with Crippen molar-refractivity contribution >= 4 is 12.4 Å². The van der Waals surface area contributed by atoms with E-state index in [1.165, 1.54) is 51.4 Å². The summed E-state index contributed by atoms with van der Waals surface area (Å²) in [6.45, 7) is 3.12. The highest BCUT2D eigenvalue weighted by Gasteiger charge is 2.40. The Labute approximate surface area is 153 Å². The first kappa shape index (κ1) is 24.1. The molecule has 0 amide bonds. The van der Waals surface area contributed by atoms with Gasteiger partial charge in [0.05, 0.1) is 18.8 Å². The van der Waals surface area contributed by atoms with Gasteiger partial charge in [-0.15, -0.1) is 12.4 Å². The second-order valence-corrected chi connectivity index (χ2v) is 6.98. The van der Waals surface area contributed by atoms with Crippen molar-refractivity contribution in [3.05, 3.63) is 0 Å². The molecule has 4 atom stereocenters. The van der Waals surface area contributed by atoms with Crippen molar-refractivity contribution in [2.24, 2.45) is 0 Å². The molecule has 0 spiro atoms. The number of β-amino-alcohol motifs (C(OH)–C–C–N with tert-alkyl or cyclic N) is 1. The van der Waals surface area contributed by atoms with Crippen LogP contribution in [0.4, 0.5) is 0 Å². The number of halogens is 1. The second kappa shape index (κ2) is 14.3. The Morgan fingerprint density at radius 2 is 1.29 bits per heavy atom. The number of hydrogen-bond acceptors (Lipinski definition) is 5. The molecular formula is C18H38ClNO4. The van der Waals surface area contributed by atoms with E-state index in [9.17, 15) is 20.4 Å². The number of likely N-dealkylation sites (tertiary alicyclic amines) is 1. The average Bonchev–Trinajstić information content (AvgIpc) is 2.54. The molecule has 0 aliphatic carbocycles. The van der Waals surface area contributed by atoms with Gasteiger partial charge in [0.2, 0.25) is 0 Å². The first-order chi connectivity index (χ1) is 11.1. The molecular weight excluding hydrogens is 330 g/mol. The standard InChI is InChI=1S/C18H37NO4.ClH/c1-2-3-4-5-6-7-8-9-10-11-12-19-13-16(21)18(23)17(22)15(19)14-20;/h15-18,20-23H,2-14H2,1H3;1H. The molecule has 4 unspecified atom stereocenters. The maximum Gasteiger partial charge on any atom is 0.109 e. The van der Waals surface area contributed by atoms with Crippen LogP contribution in [0.25, 0.3) is 0 Å².